The minimum absolute atomic E-state index is 0.392. The summed E-state index contributed by atoms with van der Waals surface area (Å²) >= 11 is 6.16. The smallest absolute Gasteiger partial charge is 0.0847 e. The summed E-state index contributed by atoms with van der Waals surface area (Å²) in [6.07, 6.45) is 4.23. The van der Waals surface area contributed by atoms with Gasteiger partial charge in [0.15, 0.2) is 0 Å². The first-order chi connectivity index (χ1) is 8.61. The van der Waals surface area contributed by atoms with Gasteiger partial charge < -0.3 is 5.11 Å². The van der Waals surface area contributed by atoms with Crippen molar-refractivity contribution in [1.29, 1.82) is 5.26 Å². The number of hydrogen-bond donors (Lipinski definition) is 1. The van der Waals surface area contributed by atoms with Gasteiger partial charge in [-0.2, -0.15) is 5.26 Å². The molecule has 0 aromatic heterocycles. The van der Waals surface area contributed by atoms with Crippen LogP contribution in [0.4, 0.5) is 0 Å². The van der Waals surface area contributed by atoms with Gasteiger partial charge in [-0.1, -0.05) is 36.4 Å². The van der Waals surface area contributed by atoms with E-state index in [1.165, 1.54) is 0 Å². The molecule has 0 radical (unpaired) electrons. The van der Waals surface area contributed by atoms with Crippen LogP contribution in [0, 0.1) is 11.3 Å². The van der Waals surface area contributed by atoms with Crippen molar-refractivity contribution >= 4 is 17.7 Å². The summed E-state index contributed by atoms with van der Waals surface area (Å²) in [7, 11) is 0. The molecular formula is C15H16ClNO. The molecule has 0 aliphatic heterocycles. The second kappa shape index (κ2) is 5.14. The number of nitriles is 1. The van der Waals surface area contributed by atoms with Crippen molar-refractivity contribution in [3.05, 3.63) is 40.9 Å². The molecule has 3 heteroatoms. The predicted octanol–water partition coefficient (Wildman–Crippen LogP) is 3.68. The SMILES string of the molecule is C=Cc1ccc([C@]2(C#N)CCCC(O)C2)cc1Cl. The molecule has 2 nitrogen and oxygen atoms in total. The zero-order valence-electron chi connectivity index (χ0n) is 10.2. The van der Waals surface area contributed by atoms with E-state index in [1.807, 2.05) is 18.2 Å². The van der Waals surface area contributed by atoms with E-state index in [4.69, 9.17) is 11.6 Å². The number of aliphatic hydroxyl groups is 1. The summed E-state index contributed by atoms with van der Waals surface area (Å²) in [5.74, 6) is 0. The lowest BCUT2D eigenvalue weighted by Gasteiger charge is -2.34. The van der Waals surface area contributed by atoms with Gasteiger partial charge in [0.05, 0.1) is 17.6 Å². The zero-order valence-corrected chi connectivity index (χ0v) is 11.0. The van der Waals surface area contributed by atoms with Gasteiger partial charge in [-0.3, -0.25) is 0 Å². The normalized spacial score (nSPS) is 27.5. The molecule has 1 unspecified atom stereocenters. The lowest BCUT2D eigenvalue weighted by molar-refractivity contribution is 0.102. The Kier molecular flexibility index (Phi) is 3.75. The maximum absolute atomic E-state index is 9.81. The van der Waals surface area contributed by atoms with Gasteiger partial charge in [-0.25, -0.2) is 0 Å². The van der Waals surface area contributed by atoms with Gasteiger partial charge in [0.25, 0.3) is 0 Å². The van der Waals surface area contributed by atoms with Gasteiger partial charge in [-0.15, -0.1) is 0 Å². The maximum atomic E-state index is 9.81. The highest BCUT2D eigenvalue weighted by atomic mass is 35.5. The number of benzene rings is 1. The molecule has 18 heavy (non-hydrogen) atoms. The molecule has 1 aromatic rings. The Morgan fingerprint density at radius 2 is 2.33 bits per heavy atom. The summed E-state index contributed by atoms with van der Waals surface area (Å²) in [5, 5.41) is 19.9. The van der Waals surface area contributed by atoms with Crippen molar-refractivity contribution in [2.75, 3.05) is 0 Å². The molecule has 1 fully saturated rings. The first-order valence-electron chi connectivity index (χ1n) is 6.13. The molecule has 1 aromatic carbocycles. The third-order valence-corrected chi connectivity index (χ3v) is 4.04. The highest BCUT2D eigenvalue weighted by Crippen LogP contribution is 2.40. The first kappa shape index (κ1) is 13.1. The second-order valence-electron chi connectivity index (χ2n) is 4.88. The number of rotatable bonds is 2. The van der Waals surface area contributed by atoms with Crippen molar-refractivity contribution in [1.82, 2.24) is 0 Å². The van der Waals surface area contributed by atoms with E-state index in [0.29, 0.717) is 11.4 Å². The van der Waals surface area contributed by atoms with E-state index in [2.05, 4.69) is 12.6 Å². The van der Waals surface area contributed by atoms with E-state index in [1.54, 1.807) is 6.08 Å². The molecule has 1 aliphatic carbocycles. The summed E-state index contributed by atoms with van der Waals surface area (Å²) in [5.41, 5.74) is 1.17. The Balaban J connectivity index is 2.42. The fourth-order valence-corrected chi connectivity index (χ4v) is 2.92. The largest absolute Gasteiger partial charge is 0.393 e. The van der Waals surface area contributed by atoms with Crippen LogP contribution in [0.15, 0.2) is 24.8 Å². The standard InChI is InChI=1S/C15H16ClNO/c1-2-11-5-6-12(8-14(11)16)15(10-17)7-3-4-13(18)9-15/h2,5-6,8,13,18H,1,3-4,7,9H2/t13?,15-/m1/s1. The van der Waals surface area contributed by atoms with E-state index >= 15 is 0 Å². The van der Waals surface area contributed by atoms with Gasteiger partial charge in [0.2, 0.25) is 0 Å². The summed E-state index contributed by atoms with van der Waals surface area (Å²) in [6, 6.07) is 8.02. The van der Waals surface area contributed by atoms with Crippen LogP contribution >= 0.6 is 11.6 Å². The third kappa shape index (κ3) is 2.29. The fourth-order valence-electron chi connectivity index (χ4n) is 2.66. The molecular weight excluding hydrogens is 246 g/mol. The molecule has 94 valence electrons. The highest BCUT2D eigenvalue weighted by Gasteiger charge is 2.37. The number of aliphatic hydroxyl groups excluding tert-OH is 1. The number of nitrogens with zero attached hydrogens (tertiary/aromatic N) is 1. The van der Waals surface area contributed by atoms with Crippen molar-refractivity contribution in [3.8, 4) is 6.07 Å². The van der Waals surface area contributed by atoms with Gasteiger partial charge >= 0.3 is 0 Å². The van der Waals surface area contributed by atoms with Gasteiger partial charge in [-0.05, 0) is 42.9 Å². The lowest BCUT2D eigenvalue weighted by atomic mass is 9.69. The van der Waals surface area contributed by atoms with Gasteiger partial charge in [0.1, 0.15) is 0 Å². The quantitative estimate of drug-likeness (QED) is 0.883. The van der Waals surface area contributed by atoms with Crippen molar-refractivity contribution in [2.24, 2.45) is 0 Å². The Hall–Kier alpha value is -1.30. The van der Waals surface area contributed by atoms with Crippen LogP contribution in [0.2, 0.25) is 5.02 Å². The van der Waals surface area contributed by atoms with Crippen LogP contribution in [-0.2, 0) is 5.41 Å². The minimum Gasteiger partial charge on any atom is -0.393 e. The molecule has 0 amide bonds. The summed E-state index contributed by atoms with van der Waals surface area (Å²) < 4.78 is 0. The average Bonchev–Trinajstić information content (AvgIpc) is 2.38. The average molecular weight is 262 g/mol. The van der Waals surface area contributed by atoms with Crippen molar-refractivity contribution < 1.29 is 5.11 Å². The van der Waals surface area contributed by atoms with Crippen molar-refractivity contribution in [3.63, 3.8) is 0 Å². The third-order valence-electron chi connectivity index (χ3n) is 3.71. The van der Waals surface area contributed by atoms with Crippen LogP contribution in [0.1, 0.15) is 36.8 Å². The molecule has 1 aliphatic rings. The molecule has 1 N–H and O–H groups in total. The molecule has 2 rings (SSSR count). The number of hydrogen-bond acceptors (Lipinski definition) is 2. The Labute approximate surface area is 113 Å². The molecule has 0 heterocycles. The van der Waals surface area contributed by atoms with Crippen LogP contribution < -0.4 is 0 Å². The lowest BCUT2D eigenvalue weighted by Crippen LogP contribution is -2.34. The Morgan fingerprint density at radius 1 is 1.56 bits per heavy atom. The minimum atomic E-state index is -0.596. The van der Waals surface area contributed by atoms with Crippen molar-refractivity contribution in [2.45, 2.75) is 37.2 Å². The predicted molar refractivity (Wildman–Crippen MR) is 73.3 cm³/mol. The Morgan fingerprint density at radius 3 is 2.89 bits per heavy atom. The molecule has 0 saturated heterocycles. The second-order valence-corrected chi connectivity index (χ2v) is 5.29. The molecule has 1 saturated carbocycles. The van der Waals surface area contributed by atoms with Crippen LogP contribution in [0.5, 0.6) is 0 Å². The maximum Gasteiger partial charge on any atom is 0.0847 e. The van der Waals surface area contributed by atoms with Crippen LogP contribution in [0.3, 0.4) is 0 Å². The van der Waals surface area contributed by atoms with Crippen LogP contribution in [-0.4, -0.2) is 11.2 Å². The van der Waals surface area contributed by atoms with Crippen LogP contribution in [0.25, 0.3) is 6.08 Å². The molecule has 0 spiro atoms. The highest BCUT2D eigenvalue weighted by molar-refractivity contribution is 6.32. The fraction of sp³-hybridized carbons (Fsp3) is 0.400. The van der Waals surface area contributed by atoms with E-state index in [-0.39, 0.29) is 0 Å². The summed E-state index contributed by atoms with van der Waals surface area (Å²) in [4.78, 5) is 0. The molecule has 2 atom stereocenters. The van der Waals surface area contributed by atoms with E-state index in [0.717, 1.165) is 30.4 Å². The monoisotopic (exact) mass is 261 g/mol. The zero-order chi connectivity index (χ0) is 13.2. The topological polar surface area (TPSA) is 44.0 Å². The van der Waals surface area contributed by atoms with E-state index in [9.17, 15) is 10.4 Å². The Bertz CT molecular complexity index is 506. The molecule has 0 bridgehead atoms. The van der Waals surface area contributed by atoms with Gasteiger partial charge in [0, 0.05) is 5.02 Å². The number of halogens is 1. The summed E-state index contributed by atoms with van der Waals surface area (Å²) in [6.45, 7) is 3.69. The first-order valence-corrected chi connectivity index (χ1v) is 6.51. The van der Waals surface area contributed by atoms with E-state index < -0.39 is 11.5 Å².